The van der Waals surface area contributed by atoms with Gasteiger partial charge in [-0.1, -0.05) is 0 Å². The minimum atomic E-state index is -4.29. The maximum absolute atomic E-state index is 11.8. The van der Waals surface area contributed by atoms with Crippen LogP contribution in [-0.4, -0.2) is 36.9 Å². The first-order valence-electron chi connectivity index (χ1n) is 6.29. The Morgan fingerprint density at radius 1 is 1.32 bits per heavy atom. The van der Waals surface area contributed by atoms with Crippen LogP contribution in [0.4, 0.5) is 13.2 Å². The van der Waals surface area contributed by atoms with Crippen LogP contribution in [0.1, 0.15) is 40.0 Å². The van der Waals surface area contributed by atoms with E-state index in [9.17, 15) is 18.0 Å². The molecule has 0 aromatic heterocycles. The second-order valence-electron chi connectivity index (χ2n) is 5.12. The summed E-state index contributed by atoms with van der Waals surface area (Å²) in [6, 6.07) is 0.0963. The Morgan fingerprint density at radius 3 is 2.32 bits per heavy atom. The van der Waals surface area contributed by atoms with Gasteiger partial charge in [-0.2, -0.15) is 13.2 Å². The molecule has 0 heterocycles. The van der Waals surface area contributed by atoms with Crippen molar-refractivity contribution in [3.63, 3.8) is 0 Å². The monoisotopic (exact) mass is 284 g/mol. The predicted octanol–water partition coefficient (Wildman–Crippen LogP) is 1.98. The zero-order valence-electron chi connectivity index (χ0n) is 11.6. The van der Waals surface area contributed by atoms with Gasteiger partial charge in [-0.25, -0.2) is 0 Å². The normalized spacial score (nSPS) is 15.5. The fraction of sp³-hybridized carbons (Fsp3) is 0.917. The van der Waals surface area contributed by atoms with Crippen LogP contribution in [-0.2, 0) is 9.53 Å². The number of hydrogen-bond acceptors (Lipinski definition) is 3. The van der Waals surface area contributed by atoms with Crippen molar-refractivity contribution in [1.82, 2.24) is 5.32 Å². The van der Waals surface area contributed by atoms with Crippen molar-refractivity contribution in [1.29, 1.82) is 0 Å². The molecule has 4 nitrogen and oxygen atoms in total. The van der Waals surface area contributed by atoms with Crippen LogP contribution >= 0.6 is 0 Å². The van der Waals surface area contributed by atoms with Crippen molar-refractivity contribution in [2.24, 2.45) is 5.73 Å². The van der Waals surface area contributed by atoms with Gasteiger partial charge in [-0.05, 0) is 40.0 Å². The number of halogens is 3. The van der Waals surface area contributed by atoms with E-state index < -0.39 is 24.2 Å². The number of nitrogens with two attached hydrogens (primary N) is 1. The van der Waals surface area contributed by atoms with Gasteiger partial charge in [0.05, 0.1) is 5.54 Å². The maximum atomic E-state index is 11.8. The first-order valence-corrected chi connectivity index (χ1v) is 6.29. The number of hydrogen-bond donors (Lipinski definition) is 2. The van der Waals surface area contributed by atoms with Crippen molar-refractivity contribution in [2.75, 3.05) is 13.2 Å². The van der Waals surface area contributed by atoms with Crippen LogP contribution < -0.4 is 11.1 Å². The van der Waals surface area contributed by atoms with Crippen LogP contribution in [0.15, 0.2) is 0 Å². The smallest absolute Gasteiger partial charge is 0.372 e. The van der Waals surface area contributed by atoms with Crippen molar-refractivity contribution in [2.45, 2.75) is 57.8 Å². The third-order valence-corrected chi connectivity index (χ3v) is 2.63. The summed E-state index contributed by atoms with van der Waals surface area (Å²) in [5, 5.41) is 3.08. The van der Waals surface area contributed by atoms with Crippen LogP contribution in [0.5, 0.6) is 0 Å². The molecule has 19 heavy (non-hydrogen) atoms. The molecule has 0 aromatic carbocycles. The molecule has 0 aliphatic carbocycles. The van der Waals surface area contributed by atoms with Crippen LogP contribution in [0.2, 0.25) is 0 Å². The molecule has 3 N–H and O–H groups in total. The van der Waals surface area contributed by atoms with Gasteiger partial charge in [-0.3, -0.25) is 4.79 Å². The molecule has 0 aliphatic rings. The minimum absolute atomic E-state index is 0.0238. The SMILES string of the molecule is CC(C)NC(C)(CCCCOCC(F)(F)F)C(N)=O. The Morgan fingerprint density at radius 2 is 1.89 bits per heavy atom. The summed E-state index contributed by atoms with van der Waals surface area (Å²) in [6.45, 7) is 4.29. The van der Waals surface area contributed by atoms with Crippen molar-refractivity contribution >= 4 is 5.91 Å². The van der Waals surface area contributed by atoms with Gasteiger partial charge in [-0.15, -0.1) is 0 Å². The summed E-state index contributed by atoms with van der Waals surface area (Å²) in [7, 11) is 0. The standard InChI is InChI=1S/C12H23F3N2O2/c1-9(2)17-11(3,10(16)18)6-4-5-7-19-8-12(13,14)15/h9,17H,4-8H2,1-3H3,(H2,16,18). The molecule has 0 radical (unpaired) electrons. The zero-order valence-corrected chi connectivity index (χ0v) is 11.6. The number of nitrogens with one attached hydrogen (secondary N) is 1. The van der Waals surface area contributed by atoms with Crippen molar-refractivity contribution < 1.29 is 22.7 Å². The second-order valence-corrected chi connectivity index (χ2v) is 5.12. The van der Waals surface area contributed by atoms with E-state index in [1.54, 1.807) is 6.92 Å². The molecule has 0 aliphatic heterocycles. The van der Waals surface area contributed by atoms with Crippen LogP contribution in [0, 0.1) is 0 Å². The minimum Gasteiger partial charge on any atom is -0.372 e. The molecule has 0 saturated heterocycles. The molecule has 0 aromatic rings. The molecule has 1 amide bonds. The topological polar surface area (TPSA) is 64.3 Å². The van der Waals surface area contributed by atoms with E-state index in [1.807, 2.05) is 13.8 Å². The Balaban J connectivity index is 3.92. The van der Waals surface area contributed by atoms with E-state index in [0.717, 1.165) is 0 Å². The molecule has 1 atom stereocenters. The zero-order chi connectivity index (χ0) is 15.1. The highest BCUT2D eigenvalue weighted by Crippen LogP contribution is 2.16. The number of ether oxygens (including phenoxy) is 1. The molecule has 7 heteroatoms. The number of carbonyl (C=O) groups excluding carboxylic acids is 1. The van der Waals surface area contributed by atoms with E-state index in [0.29, 0.717) is 19.3 Å². The van der Waals surface area contributed by atoms with E-state index >= 15 is 0 Å². The Bertz CT molecular complexity index is 283. The largest absolute Gasteiger partial charge is 0.411 e. The quantitative estimate of drug-likeness (QED) is 0.636. The average molecular weight is 284 g/mol. The number of rotatable bonds is 9. The first kappa shape index (κ1) is 18.2. The first-order chi connectivity index (χ1) is 8.57. The third-order valence-electron chi connectivity index (χ3n) is 2.63. The fourth-order valence-corrected chi connectivity index (χ4v) is 1.77. The maximum Gasteiger partial charge on any atom is 0.411 e. The van der Waals surface area contributed by atoms with Gasteiger partial charge >= 0.3 is 6.18 Å². The molecule has 114 valence electrons. The molecule has 1 unspecified atom stereocenters. The summed E-state index contributed by atoms with van der Waals surface area (Å²) in [6.07, 6.45) is -2.80. The Labute approximate surface area is 111 Å². The number of amides is 1. The van der Waals surface area contributed by atoms with Gasteiger partial charge in [0.1, 0.15) is 6.61 Å². The van der Waals surface area contributed by atoms with E-state index in [1.165, 1.54) is 0 Å². The molecule has 0 rings (SSSR count). The van der Waals surface area contributed by atoms with E-state index in [2.05, 4.69) is 10.1 Å². The van der Waals surface area contributed by atoms with Gasteiger partial charge in [0.15, 0.2) is 0 Å². The number of primary amides is 1. The van der Waals surface area contributed by atoms with Gasteiger partial charge in [0.2, 0.25) is 5.91 Å². The lowest BCUT2D eigenvalue weighted by molar-refractivity contribution is -0.174. The second kappa shape index (κ2) is 7.69. The van der Waals surface area contributed by atoms with Crippen LogP contribution in [0.3, 0.4) is 0 Å². The molecular weight excluding hydrogens is 261 g/mol. The van der Waals surface area contributed by atoms with Gasteiger partial charge < -0.3 is 15.8 Å². The van der Waals surface area contributed by atoms with E-state index in [4.69, 9.17) is 5.73 Å². The predicted molar refractivity (Wildman–Crippen MR) is 66.6 cm³/mol. The highest BCUT2D eigenvalue weighted by atomic mass is 19.4. The number of unbranched alkanes of at least 4 members (excludes halogenated alkanes) is 1. The van der Waals surface area contributed by atoms with Gasteiger partial charge in [0.25, 0.3) is 0 Å². The van der Waals surface area contributed by atoms with Gasteiger partial charge in [0, 0.05) is 12.6 Å². The lowest BCUT2D eigenvalue weighted by atomic mass is 9.93. The molecular formula is C12H23F3N2O2. The average Bonchev–Trinajstić information content (AvgIpc) is 2.20. The summed E-state index contributed by atoms with van der Waals surface area (Å²) in [5.74, 6) is -0.461. The lowest BCUT2D eigenvalue weighted by Crippen LogP contribution is -2.55. The van der Waals surface area contributed by atoms with Crippen molar-refractivity contribution in [3.05, 3.63) is 0 Å². The molecule has 0 saturated carbocycles. The number of alkyl halides is 3. The summed E-state index contributed by atoms with van der Waals surface area (Å²) >= 11 is 0. The lowest BCUT2D eigenvalue weighted by Gasteiger charge is -2.29. The van der Waals surface area contributed by atoms with Crippen molar-refractivity contribution in [3.8, 4) is 0 Å². The third kappa shape index (κ3) is 8.83. The number of carbonyl (C=O) groups is 1. The summed E-state index contributed by atoms with van der Waals surface area (Å²) in [4.78, 5) is 11.4. The molecule has 0 fully saturated rings. The molecule has 0 bridgehead atoms. The Kier molecular flexibility index (Phi) is 7.36. The fourth-order valence-electron chi connectivity index (χ4n) is 1.77. The summed E-state index contributed by atoms with van der Waals surface area (Å²) in [5.41, 5.74) is 4.50. The summed E-state index contributed by atoms with van der Waals surface area (Å²) < 4.78 is 39.9. The highest BCUT2D eigenvalue weighted by molar-refractivity contribution is 5.84. The van der Waals surface area contributed by atoms with Crippen LogP contribution in [0.25, 0.3) is 0 Å². The van der Waals surface area contributed by atoms with E-state index in [-0.39, 0.29) is 12.6 Å². The Hall–Kier alpha value is -0.820. The highest BCUT2D eigenvalue weighted by Gasteiger charge is 2.31. The molecule has 0 spiro atoms.